The number of hydrogen-bond acceptors (Lipinski definition) is 4. The first-order valence-corrected chi connectivity index (χ1v) is 8.69. The predicted octanol–water partition coefficient (Wildman–Crippen LogP) is 3.74. The monoisotopic (exact) mass is 335 g/mol. The third-order valence-electron chi connectivity index (χ3n) is 4.96. The summed E-state index contributed by atoms with van der Waals surface area (Å²) in [6.45, 7) is 2.20. The molecular weight excluding hydrogens is 314 g/mol. The molecule has 2 aliphatic rings. The average molecular weight is 335 g/mol. The number of fused-ring (bicyclic) bond motifs is 2. The third-order valence-corrected chi connectivity index (χ3v) is 4.96. The van der Waals surface area contributed by atoms with Gasteiger partial charge in [0.05, 0.1) is 6.04 Å². The second-order valence-electron chi connectivity index (χ2n) is 6.66. The SMILES string of the molecule is Cc1ncc(C2=CC3CCC(C2)N3C(=O)OCc2ccccc2)cn1. The van der Waals surface area contributed by atoms with E-state index in [4.69, 9.17) is 4.74 Å². The first kappa shape index (κ1) is 15.8. The quantitative estimate of drug-likeness (QED) is 0.857. The number of aromatic nitrogens is 2. The molecule has 3 heterocycles. The van der Waals surface area contributed by atoms with Crippen LogP contribution in [0, 0.1) is 6.92 Å². The van der Waals surface area contributed by atoms with Crippen molar-refractivity contribution in [3.8, 4) is 0 Å². The molecule has 2 bridgehead atoms. The number of hydrogen-bond donors (Lipinski definition) is 0. The molecule has 0 radical (unpaired) electrons. The van der Waals surface area contributed by atoms with E-state index in [2.05, 4.69) is 16.0 Å². The maximum absolute atomic E-state index is 12.6. The van der Waals surface area contributed by atoms with E-state index in [0.717, 1.165) is 36.2 Å². The van der Waals surface area contributed by atoms with Gasteiger partial charge in [0.2, 0.25) is 0 Å². The first-order chi connectivity index (χ1) is 12.2. The number of rotatable bonds is 3. The highest BCUT2D eigenvalue weighted by molar-refractivity contribution is 5.74. The van der Waals surface area contributed by atoms with Gasteiger partial charge in [0.25, 0.3) is 0 Å². The summed E-state index contributed by atoms with van der Waals surface area (Å²) in [5.41, 5.74) is 3.30. The van der Waals surface area contributed by atoms with Gasteiger partial charge in [-0.05, 0) is 37.3 Å². The molecule has 2 atom stereocenters. The Balaban J connectivity index is 1.46. The Bertz CT molecular complexity index is 786. The van der Waals surface area contributed by atoms with Crippen LogP contribution < -0.4 is 0 Å². The van der Waals surface area contributed by atoms with Crippen molar-refractivity contribution < 1.29 is 9.53 Å². The Kier molecular flexibility index (Phi) is 4.22. The van der Waals surface area contributed by atoms with Crippen molar-refractivity contribution in [1.29, 1.82) is 0 Å². The number of benzene rings is 1. The van der Waals surface area contributed by atoms with E-state index in [1.807, 2.05) is 54.5 Å². The van der Waals surface area contributed by atoms with Crippen molar-refractivity contribution >= 4 is 11.7 Å². The molecule has 2 aliphatic heterocycles. The van der Waals surface area contributed by atoms with Gasteiger partial charge in [0, 0.05) is 24.0 Å². The van der Waals surface area contributed by atoms with Gasteiger partial charge < -0.3 is 4.74 Å². The third kappa shape index (κ3) is 3.27. The molecule has 128 valence electrons. The van der Waals surface area contributed by atoms with Crippen molar-refractivity contribution in [1.82, 2.24) is 14.9 Å². The van der Waals surface area contributed by atoms with E-state index in [1.165, 1.54) is 5.57 Å². The Hall–Kier alpha value is -2.69. The van der Waals surface area contributed by atoms with Crippen LogP contribution in [0.25, 0.3) is 5.57 Å². The zero-order chi connectivity index (χ0) is 17.2. The largest absolute Gasteiger partial charge is 0.445 e. The zero-order valence-electron chi connectivity index (χ0n) is 14.3. The van der Waals surface area contributed by atoms with Crippen LogP contribution in [0.2, 0.25) is 0 Å². The summed E-state index contributed by atoms with van der Waals surface area (Å²) in [5, 5.41) is 0. The normalized spacial score (nSPS) is 21.8. The second-order valence-corrected chi connectivity index (χ2v) is 6.66. The minimum atomic E-state index is -0.216. The Morgan fingerprint density at radius 1 is 1.20 bits per heavy atom. The summed E-state index contributed by atoms with van der Waals surface area (Å²) < 4.78 is 5.54. The van der Waals surface area contributed by atoms with Crippen molar-refractivity contribution in [2.24, 2.45) is 0 Å². The molecule has 0 spiro atoms. The standard InChI is InChI=1S/C20H21N3O2/c1-14-21-11-17(12-22-14)16-9-18-7-8-19(10-16)23(18)20(24)25-13-15-5-3-2-4-6-15/h2-6,9,11-12,18-19H,7-8,10,13H2,1H3. The summed E-state index contributed by atoms with van der Waals surface area (Å²) >= 11 is 0. The summed E-state index contributed by atoms with van der Waals surface area (Å²) in [4.78, 5) is 23.0. The zero-order valence-corrected chi connectivity index (χ0v) is 14.3. The number of amides is 1. The Morgan fingerprint density at radius 3 is 2.68 bits per heavy atom. The second kappa shape index (κ2) is 6.67. The van der Waals surface area contributed by atoms with Crippen LogP contribution in [0.3, 0.4) is 0 Å². The number of carbonyl (C=O) groups is 1. The molecule has 5 heteroatoms. The lowest BCUT2D eigenvalue weighted by Gasteiger charge is -2.33. The van der Waals surface area contributed by atoms with Gasteiger partial charge in [0.1, 0.15) is 12.4 Å². The number of nitrogens with zero attached hydrogens (tertiary/aromatic N) is 3. The van der Waals surface area contributed by atoms with Crippen LogP contribution in [0.1, 0.15) is 36.2 Å². The summed E-state index contributed by atoms with van der Waals surface area (Å²) in [6, 6.07) is 10.1. The molecule has 0 N–H and O–H groups in total. The molecule has 5 nitrogen and oxygen atoms in total. The smallest absolute Gasteiger partial charge is 0.410 e. The average Bonchev–Trinajstić information content (AvgIpc) is 2.91. The van der Waals surface area contributed by atoms with E-state index in [1.54, 1.807) is 0 Å². The Morgan fingerprint density at radius 2 is 1.96 bits per heavy atom. The highest BCUT2D eigenvalue weighted by Crippen LogP contribution is 2.38. The lowest BCUT2D eigenvalue weighted by atomic mass is 9.97. The number of aryl methyl sites for hydroxylation is 1. The lowest BCUT2D eigenvalue weighted by molar-refractivity contribution is 0.0832. The first-order valence-electron chi connectivity index (χ1n) is 8.69. The summed E-state index contributed by atoms with van der Waals surface area (Å²) in [7, 11) is 0. The van der Waals surface area contributed by atoms with Crippen molar-refractivity contribution in [3.05, 3.63) is 65.8 Å². The van der Waals surface area contributed by atoms with Gasteiger partial charge in [-0.25, -0.2) is 14.8 Å². The van der Waals surface area contributed by atoms with Crippen molar-refractivity contribution in [2.75, 3.05) is 0 Å². The number of carbonyl (C=O) groups excluding carboxylic acids is 1. The highest BCUT2D eigenvalue weighted by atomic mass is 16.6. The van der Waals surface area contributed by atoms with Crippen molar-refractivity contribution in [3.63, 3.8) is 0 Å². The molecule has 1 aromatic heterocycles. The van der Waals surface area contributed by atoms with Gasteiger partial charge in [-0.3, -0.25) is 4.90 Å². The molecule has 1 aromatic carbocycles. The van der Waals surface area contributed by atoms with Crippen molar-refractivity contribution in [2.45, 2.75) is 44.9 Å². The van der Waals surface area contributed by atoms with Crippen LogP contribution in [0.5, 0.6) is 0 Å². The minimum absolute atomic E-state index is 0.110. The van der Waals surface area contributed by atoms with Crippen LogP contribution in [-0.2, 0) is 11.3 Å². The highest BCUT2D eigenvalue weighted by Gasteiger charge is 2.40. The van der Waals surface area contributed by atoms with E-state index in [9.17, 15) is 4.79 Å². The fourth-order valence-corrected chi connectivity index (χ4v) is 3.68. The molecule has 1 amide bonds. The molecule has 2 unspecified atom stereocenters. The predicted molar refractivity (Wildman–Crippen MR) is 94.6 cm³/mol. The van der Waals surface area contributed by atoms with Crippen LogP contribution in [0.15, 0.2) is 48.8 Å². The van der Waals surface area contributed by atoms with Crippen LogP contribution in [-0.4, -0.2) is 33.0 Å². The number of ether oxygens (including phenoxy) is 1. The van der Waals surface area contributed by atoms with E-state index >= 15 is 0 Å². The molecule has 2 aromatic rings. The van der Waals surface area contributed by atoms with E-state index in [0.29, 0.717) is 6.61 Å². The maximum atomic E-state index is 12.6. The molecular formula is C20H21N3O2. The molecule has 1 saturated heterocycles. The molecule has 25 heavy (non-hydrogen) atoms. The van der Waals surface area contributed by atoms with Gasteiger partial charge >= 0.3 is 6.09 Å². The lowest BCUT2D eigenvalue weighted by Crippen LogP contribution is -2.43. The molecule has 4 rings (SSSR count). The molecule has 0 saturated carbocycles. The summed E-state index contributed by atoms with van der Waals surface area (Å²) in [5.74, 6) is 0.772. The van der Waals surface area contributed by atoms with E-state index < -0.39 is 0 Å². The maximum Gasteiger partial charge on any atom is 0.410 e. The van der Waals surface area contributed by atoms with Gasteiger partial charge in [-0.2, -0.15) is 0 Å². The summed E-state index contributed by atoms with van der Waals surface area (Å²) in [6.07, 6.45) is 8.55. The van der Waals surface area contributed by atoms with Crippen LogP contribution in [0.4, 0.5) is 4.79 Å². The van der Waals surface area contributed by atoms with Gasteiger partial charge in [0.15, 0.2) is 0 Å². The van der Waals surface area contributed by atoms with E-state index in [-0.39, 0.29) is 18.2 Å². The molecule has 0 aliphatic carbocycles. The topological polar surface area (TPSA) is 55.3 Å². The minimum Gasteiger partial charge on any atom is -0.445 e. The Labute approximate surface area is 147 Å². The fourth-order valence-electron chi connectivity index (χ4n) is 3.68. The van der Waals surface area contributed by atoms with Gasteiger partial charge in [-0.1, -0.05) is 36.4 Å². The molecule has 1 fully saturated rings. The fraction of sp³-hybridized carbons (Fsp3) is 0.350. The van der Waals surface area contributed by atoms with Gasteiger partial charge in [-0.15, -0.1) is 0 Å². The van der Waals surface area contributed by atoms with Crippen LogP contribution >= 0.6 is 0 Å².